The molecule has 9 heteroatoms. The molecule has 1 unspecified atom stereocenters. The Morgan fingerprint density at radius 2 is 1.89 bits per heavy atom. The molecular formula is C29H39N7O2. The van der Waals surface area contributed by atoms with Crippen molar-refractivity contribution in [2.45, 2.75) is 38.3 Å². The van der Waals surface area contributed by atoms with Gasteiger partial charge in [-0.2, -0.15) is 4.98 Å². The first-order valence-electron chi connectivity index (χ1n) is 13.6. The molecule has 2 fully saturated rings. The van der Waals surface area contributed by atoms with Crippen molar-refractivity contribution in [1.29, 1.82) is 0 Å². The van der Waals surface area contributed by atoms with Gasteiger partial charge in [0.25, 0.3) is 0 Å². The zero-order valence-corrected chi connectivity index (χ0v) is 22.7. The number of rotatable bonds is 8. The summed E-state index contributed by atoms with van der Waals surface area (Å²) in [5, 5.41) is 4.54. The second-order valence-electron chi connectivity index (χ2n) is 10.5. The van der Waals surface area contributed by atoms with E-state index in [0.29, 0.717) is 25.1 Å². The van der Waals surface area contributed by atoms with E-state index in [1.54, 1.807) is 7.11 Å². The fourth-order valence-electron chi connectivity index (χ4n) is 5.79. The lowest BCUT2D eigenvalue weighted by Gasteiger charge is -2.38. The number of para-hydroxylation sites is 1. The molecular weight excluding hydrogens is 478 g/mol. The number of ether oxygens (including phenoxy) is 1. The highest BCUT2D eigenvalue weighted by molar-refractivity contribution is 5.91. The van der Waals surface area contributed by atoms with E-state index < -0.39 is 0 Å². The number of piperidine rings is 2. The predicted octanol–water partition coefficient (Wildman–Crippen LogP) is 3.16. The number of anilines is 3. The van der Waals surface area contributed by atoms with Crippen LogP contribution >= 0.6 is 0 Å². The molecule has 38 heavy (non-hydrogen) atoms. The van der Waals surface area contributed by atoms with Gasteiger partial charge in [-0.05, 0) is 63.0 Å². The molecule has 0 saturated carbocycles. The normalized spacial score (nSPS) is 18.4. The minimum atomic E-state index is -0.251. The van der Waals surface area contributed by atoms with Crippen LogP contribution in [0.5, 0.6) is 5.75 Å². The fourth-order valence-corrected chi connectivity index (χ4v) is 5.79. The van der Waals surface area contributed by atoms with Gasteiger partial charge in [0.15, 0.2) is 0 Å². The molecule has 2 aromatic carbocycles. The van der Waals surface area contributed by atoms with E-state index in [4.69, 9.17) is 20.4 Å². The van der Waals surface area contributed by atoms with E-state index in [-0.39, 0.29) is 11.8 Å². The summed E-state index contributed by atoms with van der Waals surface area (Å²) in [6.07, 6.45) is 3.75. The number of aromatic nitrogens is 2. The molecule has 2 saturated heterocycles. The largest absolute Gasteiger partial charge is 0.496 e. The van der Waals surface area contributed by atoms with Crippen LogP contribution in [0.15, 0.2) is 42.5 Å². The summed E-state index contributed by atoms with van der Waals surface area (Å²) in [5.41, 5.74) is 8.85. The summed E-state index contributed by atoms with van der Waals surface area (Å²) in [5.74, 6) is 2.03. The standard InChI is InChI=1S/C29H39N7O2/c1-34(2)25-11-6-12-26(38-3)23(25)19-36(21-13-15-31-16-14-21)28-22-9-4-5-10-24(22)32-29(33-28)35-17-7-8-20(18-35)27(30)37/h4-6,9-12,20-21,31H,7-8,13-19H2,1-3H3,(H2,30,37). The van der Waals surface area contributed by atoms with Crippen LogP contribution < -0.4 is 30.5 Å². The fraction of sp³-hybridized carbons (Fsp3) is 0.483. The lowest BCUT2D eigenvalue weighted by molar-refractivity contribution is -0.122. The molecule has 2 aliphatic rings. The Morgan fingerprint density at radius 3 is 2.63 bits per heavy atom. The van der Waals surface area contributed by atoms with Gasteiger partial charge in [-0.3, -0.25) is 4.79 Å². The van der Waals surface area contributed by atoms with E-state index in [1.165, 1.54) is 0 Å². The Kier molecular flexibility index (Phi) is 7.83. The van der Waals surface area contributed by atoms with Gasteiger partial charge < -0.3 is 30.5 Å². The molecule has 1 amide bonds. The Bertz CT molecular complexity index is 1280. The van der Waals surface area contributed by atoms with Crippen molar-refractivity contribution < 1.29 is 9.53 Å². The van der Waals surface area contributed by atoms with E-state index in [9.17, 15) is 4.79 Å². The maximum absolute atomic E-state index is 12.0. The molecule has 1 aromatic heterocycles. The van der Waals surface area contributed by atoms with Crippen molar-refractivity contribution in [3.63, 3.8) is 0 Å². The van der Waals surface area contributed by atoms with Gasteiger partial charge in [0.1, 0.15) is 11.6 Å². The Morgan fingerprint density at radius 1 is 1.11 bits per heavy atom. The average molecular weight is 518 g/mol. The smallest absolute Gasteiger partial charge is 0.227 e. The topological polar surface area (TPSA) is 99.9 Å². The molecule has 2 aliphatic heterocycles. The van der Waals surface area contributed by atoms with Crippen molar-refractivity contribution in [2.24, 2.45) is 11.7 Å². The number of methoxy groups -OCH3 is 1. The minimum Gasteiger partial charge on any atom is -0.496 e. The number of nitrogens with one attached hydrogen (secondary N) is 1. The number of hydrogen-bond acceptors (Lipinski definition) is 8. The van der Waals surface area contributed by atoms with Crippen molar-refractivity contribution in [1.82, 2.24) is 15.3 Å². The number of carbonyl (C=O) groups excluding carboxylic acids is 1. The van der Waals surface area contributed by atoms with Crippen LogP contribution in [0, 0.1) is 5.92 Å². The van der Waals surface area contributed by atoms with Gasteiger partial charge in [0.2, 0.25) is 11.9 Å². The number of benzene rings is 2. The molecule has 0 radical (unpaired) electrons. The maximum atomic E-state index is 12.0. The highest BCUT2D eigenvalue weighted by atomic mass is 16.5. The second kappa shape index (κ2) is 11.4. The molecule has 1 atom stereocenters. The molecule has 3 heterocycles. The average Bonchev–Trinajstić information content (AvgIpc) is 2.95. The Hall–Kier alpha value is -3.59. The van der Waals surface area contributed by atoms with E-state index >= 15 is 0 Å². The maximum Gasteiger partial charge on any atom is 0.227 e. The molecule has 3 N–H and O–H groups in total. The third kappa shape index (κ3) is 5.34. The third-order valence-electron chi connectivity index (χ3n) is 7.84. The van der Waals surface area contributed by atoms with Gasteiger partial charge in [0, 0.05) is 49.9 Å². The predicted molar refractivity (Wildman–Crippen MR) is 153 cm³/mol. The first-order valence-corrected chi connectivity index (χ1v) is 13.6. The van der Waals surface area contributed by atoms with Crippen LogP contribution in [0.2, 0.25) is 0 Å². The number of hydrogen-bond donors (Lipinski definition) is 2. The molecule has 202 valence electrons. The molecule has 5 rings (SSSR count). The Balaban J connectivity index is 1.63. The SMILES string of the molecule is COc1cccc(N(C)C)c1CN(c1nc(N2CCCC(C(N)=O)C2)nc2ccccc12)C1CCNCC1. The van der Waals surface area contributed by atoms with Crippen LogP contribution in [0.4, 0.5) is 17.5 Å². The first kappa shape index (κ1) is 26.0. The monoisotopic (exact) mass is 517 g/mol. The summed E-state index contributed by atoms with van der Waals surface area (Å²) in [4.78, 5) is 28.9. The molecule has 0 spiro atoms. The van der Waals surface area contributed by atoms with Gasteiger partial charge in [-0.25, -0.2) is 4.98 Å². The number of carbonyl (C=O) groups is 1. The Labute approximate surface area is 225 Å². The molecule has 3 aromatic rings. The van der Waals surface area contributed by atoms with Crippen molar-refractivity contribution in [3.8, 4) is 5.75 Å². The molecule has 0 aliphatic carbocycles. The summed E-state index contributed by atoms with van der Waals surface area (Å²) < 4.78 is 5.85. The zero-order chi connectivity index (χ0) is 26.6. The van der Waals surface area contributed by atoms with E-state index in [0.717, 1.165) is 79.0 Å². The van der Waals surface area contributed by atoms with Crippen LogP contribution in [-0.2, 0) is 11.3 Å². The number of primary amides is 1. The summed E-state index contributed by atoms with van der Waals surface area (Å²) in [6.45, 7) is 3.96. The highest BCUT2D eigenvalue weighted by Gasteiger charge is 2.30. The van der Waals surface area contributed by atoms with Crippen molar-refractivity contribution >= 4 is 34.3 Å². The third-order valence-corrected chi connectivity index (χ3v) is 7.84. The quantitative estimate of drug-likeness (QED) is 0.470. The lowest BCUT2D eigenvalue weighted by Crippen LogP contribution is -2.44. The van der Waals surface area contributed by atoms with Crippen molar-refractivity contribution in [2.75, 3.05) is 62.1 Å². The summed E-state index contributed by atoms with van der Waals surface area (Å²) in [7, 11) is 5.87. The van der Waals surface area contributed by atoms with Gasteiger partial charge >= 0.3 is 0 Å². The number of nitrogens with zero attached hydrogens (tertiary/aromatic N) is 5. The van der Waals surface area contributed by atoms with E-state index in [2.05, 4.69) is 52.3 Å². The first-order chi connectivity index (χ1) is 18.5. The van der Waals surface area contributed by atoms with Crippen LogP contribution in [-0.4, -0.2) is 69.3 Å². The van der Waals surface area contributed by atoms with Crippen molar-refractivity contribution in [3.05, 3.63) is 48.0 Å². The highest BCUT2D eigenvalue weighted by Crippen LogP contribution is 2.36. The summed E-state index contributed by atoms with van der Waals surface area (Å²) >= 11 is 0. The van der Waals surface area contributed by atoms with Gasteiger partial charge in [-0.1, -0.05) is 18.2 Å². The van der Waals surface area contributed by atoms with Crippen LogP contribution in [0.25, 0.3) is 10.9 Å². The second-order valence-corrected chi connectivity index (χ2v) is 10.5. The van der Waals surface area contributed by atoms with Crippen LogP contribution in [0.1, 0.15) is 31.2 Å². The number of fused-ring (bicyclic) bond motifs is 1. The number of amides is 1. The van der Waals surface area contributed by atoms with Crippen LogP contribution in [0.3, 0.4) is 0 Å². The minimum absolute atomic E-state index is 0.181. The van der Waals surface area contributed by atoms with Gasteiger partial charge in [-0.15, -0.1) is 0 Å². The zero-order valence-electron chi connectivity index (χ0n) is 22.7. The lowest BCUT2D eigenvalue weighted by atomic mass is 9.98. The number of nitrogens with two attached hydrogens (primary N) is 1. The summed E-state index contributed by atoms with van der Waals surface area (Å²) in [6, 6.07) is 14.7. The molecule has 0 bridgehead atoms. The van der Waals surface area contributed by atoms with Gasteiger partial charge in [0.05, 0.1) is 25.1 Å². The molecule has 9 nitrogen and oxygen atoms in total. The van der Waals surface area contributed by atoms with E-state index in [1.807, 2.05) is 24.3 Å².